The number of carbonyl (C=O) groups is 3. The molecule has 0 spiro atoms. The average Bonchev–Trinajstić information content (AvgIpc) is 3.44. The Bertz CT molecular complexity index is 1570. The number of hydrogen-bond acceptors (Lipinski definition) is 6. The van der Waals surface area contributed by atoms with Gasteiger partial charge in [-0.1, -0.05) is 25.1 Å². The topological polar surface area (TPSA) is 87.5 Å². The zero-order valence-corrected chi connectivity index (χ0v) is 20.2. The molecule has 3 heterocycles. The van der Waals surface area contributed by atoms with E-state index in [2.05, 4.69) is 20.2 Å². The molecule has 2 amide bonds. The lowest BCUT2D eigenvalue weighted by molar-refractivity contribution is 0.0877. The number of anilines is 2. The van der Waals surface area contributed by atoms with Gasteiger partial charge in [0.25, 0.3) is 17.7 Å². The summed E-state index contributed by atoms with van der Waals surface area (Å²) in [5.41, 5.74) is 3.61. The molecule has 1 N–H and O–H groups in total. The summed E-state index contributed by atoms with van der Waals surface area (Å²) in [6.45, 7) is 4.53. The first-order valence-corrected chi connectivity index (χ1v) is 12.3. The second-order valence-corrected chi connectivity index (χ2v) is 9.16. The molecule has 0 bridgehead atoms. The van der Waals surface area contributed by atoms with Crippen LogP contribution >= 0.6 is 0 Å². The fourth-order valence-corrected chi connectivity index (χ4v) is 5.29. The Balaban J connectivity index is 1.30. The minimum absolute atomic E-state index is 0.320. The van der Waals surface area contributed by atoms with Gasteiger partial charge in [0.1, 0.15) is 5.82 Å². The van der Waals surface area contributed by atoms with Gasteiger partial charge in [0.05, 0.1) is 16.6 Å². The first kappa shape index (κ1) is 22.9. The van der Waals surface area contributed by atoms with Gasteiger partial charge in [0, 0.05) is 48.9 Å². The van der Waals surface area contributed by atoms with Crippen LogP contribution in [0.25, 0.3) is 10.9 Å². The van der Waals surface area contributed by atoms with Crippen LogP contribution in [0.3, 0.4) is 0 Å². The third-order valence-corrected chi connectivity index (χ3v) is 7.10. The summed E-state index contributed by atoms with van der Waals surface area (Å²) in [5, 5.41) is 7.74. The lowest BCUT2D eigenvalue weighted by atomic mass is 9.97. The van der Waals surface area contributed by atoms with Crippen LogP contribution in [0.5, 0.6) is 0 Å². The van der Waals surface area contributed by atoms with Crippen LogP contribution in [-0.2, 0) is 6.42 Å². The minimum Gasteiger partial charge on any atom is -0.368 e. The maximum Gasteiger partial charge on any atom is 0.278 e. The number of halogens is 1. The highest BCUT2D eigenvalue weighted by molar-refractivity contribution is 6.22. The number of fused-ring (bicyclic) bond motifs is 2. The molecule has 0 atom stereocenters. The van der Waals surface area contributed by atoms with E-state index in [4.69, 9.17) is 0 Å². The molecule has 0 radical (unpaired) electrons. The summed E-state index contributed by atoms with van der Waals surface area (Å²) >= 11 is 0. The molecule has 0 saturated carbocycles. The van der Waals surface area contributed by atoms with E-state index in [1.165, 1.54) is 16.8 Å². The first-order chi connectivity index (χ1) is 18.0. The molecule has 0 unspecified atom stereocenters. The number of piperazine rings is 1. The summed E-state index contributed by atoms with van der Waals surface area (Å²) in [7, 11) is 0. The number of rotatable bonds is 4. The van der Waals surface area contributed by atoms with Gasteiger partial charge in [-0.05, 0) is 48.4 Å². The minimum atomic E-state index is -0.433. The van der Waals surface area contributed by atoms with Crippen LogP contribution in [-0.4, -0.2) is 53.7 Å². The van der Waals surface area contributed by atoms with Crippen LogP contribution < -0.4 is 15.1 Å². The van der Waals surface area contributed by atoms with Gasteiger partial charge in [-0.2, -0.15) is 4.68 Å². The van der Waals surface area contributed by atoms with E-state index in [0.717, 1.165) is 11.3 Å². The van der Waals surface area contributed by atoms with Crippen LogP contribution in [0.1, 0.15) is 43.6 Å². The van der Waals surface area contributed by atoms with E-state index in [1.54, 1.807) is 36.4 Å². The molecule has 9 heteroatoms. The van der Waals surface area contributed by atoms with Gasteiger partial charge in [0.2, 0.25) is 0 Å². The number of benzene rings is 3. The van der Waals surface area contributed by atoms with Crippen molar-refractivity contribution in [2.45, 2.75) is 13.3 Å². The maximum absolute atomic E-state index is 14.2. The molecule has 1 saturated heterocycles. The number of imide groups is 1. The highest BCUT2D eigenvalue weighted by atomic mass is 19.1. The maximum atomic E-state index is 14.2. The molecule has 0 aliphatic carbocycles. The SMILES string of the molecule is CCc1c(N2CCN(c3nn(C(=O)c4ccccc4)c4cc(F)ccc34)CC2)ccc2c1C(=O)NC2=O. The highest BCUT2D eigenvalue weighted by Gasteiger charge is 2.32. The van der Waals surface area contributed by atoms with Gasteiger partial charge >= 0.3 is 0 Å². The molecule has 4 aromatic rings. The predicted molar refractivity (Wildman–Crippen MR) is 138 cm³/mol. The summed E-state index contributed by atoms with van der Waals surface area (Å²) < 4.78 is 15.4. The fourth-order valence-electron chi connectivity index (χ4n) is 5.29. The molecule has 8 nitrogen and oxygen atoms in total. The van der Waals surface area contributed by atoms with Crippen LogP contribution in [0.4, 0.5) is 15.9 Å². The molecule has 1 fully saturated rings. The molecular formula is C28H24FN5O3. The molecule has 37 heavy (non-hydrogen) atoms. The number of aromatic nitrogens is 2. The third-order valence-electron chi connectivity index (χ3n) is 7.10. The van der Waals surface area contributed by atoms with Crippen molar-refractivity contribution in [2.24, 2.45) is 0 Å². The monoisotopic (exact) mass is 497 g/mol. The van der Waals surface area contributed by atoms with E-state index in [9.17, 15) is 18.8 Å². The molecule has 3 aromatic carbocycles. The van der Waals surface area contributed by atoms with E-state index in [0.29, 0.717) is 66.0 Å². The molecule has 1 aromatic heterocycles. The van der Waals surface area contributed by atoms with Crippen molar-refractivity contribution in [3.8, 4) is 0 Å². The van der Waals surface area contributed by atoms with Crippen molar-refractivity contribution < 1.29 is 18.8 Å². The molecule has 186 valence electrons. The van der Waals surface area contributed by atoms with Gasteiger partial charge < -0.3 is 9.80 Å². The van der Waals surface area contributed by atoms with Gasteiger partial charge in [-0.15, -0.1) is 5.10 Å². The largest absolute Gasteiger partial charge is 0.368 e. The Hall–Kier alpha value is -4.53. The van der Waals surface area contributed by atoms with Crippen molar-refractivity contribution in [1.82, 2.24) is 15.1 Å². The Morgan fingerprint density at radius 2 is 1.68 bits per heavy atom. The highest BCUT2D eigenvalue weighted by Crippen LogP contribution is 2.33. The summed E-state index contributed by atoms with van der Waals surface area (Å²) in [6.07, 6.45) is 0.627. The fraction of sp³-hybridized carbons (Fsp3) is 0.214. The zero-order valence-electron chi connectivity index (χ0n) is 20.2. The molecule has 2 aliphatic heterocycles. The lowest BCUT2D eigenvalue weighted by Crippen LogP contribution is -2.47. The summed E-state index contributed by atoms with van der Waals surface area (Å²) in [6, 6.07) is 16.8. The van der Waals surface area contributed by atoms with E-state index < -0.39 is 5.82 Å². The van der Waals surface area contributed by atoms with Crippen LogP contribution in [0.15, 0.2) is 60.7 Å². The van der Waals surface area contributed by atoms with E-state index in [-0.39, 0.29) is 17.7 Å². The summed E-state index contributed by atoms with van der Waals surface area (Å²) in [4.78, 5) is 42.0. The zero-order chi connectivity index (χ0) is 25.7. The Kier molecular flexibility index (Phi) is 5.48. The van der Waals surface area contributed by atoms with Crippen molar-refractivity contribution >= 4 is 40.1 Å². The molecule has 6 rings (SSSR count). The van der Waals surface area contributed by atoms with Crippen LogP contribution in [0, 0.1) is 5.82 Å². The van der Waals surface area contributed by atoms with Crippen molar-refractivity contribution in [2.75, 3.05) is 36.0 Å². The molecular weight excluding hydrogens is 473 g/mol. The van der Waals surface area contributed by atoms with Gasteiger partial charge in [-0.25, -0.2) is 4.39 Å². The first-order valence-electron chi connectivity index (χ1n) is 12.3. The van der Waals surface area contributed by atoms with Gasteiger partial charge in [0.15, 0.2) is 5.82 Å². The summed E-state index contributed by atoms with van der Waals surface area (Å²) in [5.74, 6) is -0.815. The molecule has 2 aliphatic rings. The van der Waals surface area contributed by atoms with Crippen molar-refractivity contribution in [3.05, 3.63) is 88.7 Å². The van der Waals surface area contributed by atoms with Crippen LogP contribution in [0.2, 0.25) is 0 Å². The second kappa shape index (κ2) is 8.85. The van der Waals surface area contributed by atoms with E-state index >= 15 is 0 Å². The number of nitrogens with one attached hydrogen (secondary N) is 1. The van der Waals surface area contributed by atoms with Crippen molar-refractivity contribution in [3.63, 3.8) is 0 Å². The standard InChI is InChI=1S/C28H24FN5O3/c1-2-19-22(11-10-21-24(19)27(36)30-26(21)35)32-12-14-33(15-13-32)25-20-9-8-18(29)16-23(20)34(31-25)28(37)17-6-4-3-5-7-17/h3-11,16H,2,12-15H2,1H3,(H,30,35,36). The van der Waals surface area contributed by atoms with E-state index in [1.807, 2.05) is 19.1 Å². The number of nitrogens with zero attached hydrogens (tertiary/aromatic N) is 4. The smallest absolute Gasteiger partial charge is 0.278 e. The third kappa shape index (κ3) is 3.74. The Morgan fingerprint density at radius 3 is 2.41 bits per heavy atom. The average molecular weight is 498 g/mol. The number of amides is 2. The van der Waals surface area contributed by atoms with Gasteiger partial charge in [-0.3, -0.25) is 19.7 Å². The second-order valence-electron chi connectivity index (χ2n) is 9.16. The quantitative estimate of drug-likeness (QED) is 0.434. The Morgan fingerprint density at radius 1 is 0.946 bits per heavy atom. The van der Waals surface area contributed by atoms with Crippen molar-refractivity contribution in [1.29, 1.82) is 0 Å². The predicted octanol–water partition coefficient (Wildman–Crippen LogP) is 3.64. The number of hydrogen-bond donors (Lipinski definition) is 1. The lowest BCUT2D eigenvalue weighted by Gasteiger charge is -2.37. The Labute approximate surface area is 212 Å². The number of carbonyl (C=O) groups excluding carboxylic acids is 3. The normalized spacial score (nSPS) is 15.3.